The molecule has 1 N–H and O–H groups in total. The molecule has 1 saturated heterocycles. The molecule has 0 aromatic heterocycles. The lowest BCUT2D eigenvalue weighted by Gasteiger charge is -2.17. The van der Waals surface area contributed by atoms with E-state index in [2.05, 4.69) is 10.1 Å². The second-order valence-corrected chi connectivity index (χ2v) is 5.79. The molecule has 0 unspecified atom stereocenters. The number of nitrogens with one attached hydrogen (secondary N) is 1. The second kappa shape index (κ2) is 7.97. The summed E-state index contributed by atoms with van der Waals surface area (Å²) in [4.78, 5) is 36.8. The van der Waals surface area contributed by atoms with Crippen molar-refractivity contribution in [1.82, 2.24) is 5.32 Å². The van der Waals surface area contributed by atoms with Gasteiger partial charge in [-0.2, -0.15) is 0 Å². The van der Waals surface area contributed by atoms with E-state index < -0.39 is 0 Å². The lowest BCUT2D eigenvalue weighted by atomic mass is 10.1. The van der Waals surface area contributed by atoms with Gasteiger partial charge in [-0.05, 0) is 24.6 Å². The standard InChI is InChI=1S/C16H19ClN2O4/c1-23-15(21)6-3-7-18-16(22)11-8-14(20)19(10-11)13-5-2-4-12(17)9-13/h2,4-5,9,11H,3,6-8,10H2,1H3,(H,18,22)/t11-/m0/s1. The zero-order valence-electron chi connectivity index (χ0n) is 12.9. The van der Waals surface area contributed by atoms with Crippen LogP contribution in [0.2, 0.25) is 5.02 Å². The highest BCUT2D eigenvalue weighted by molar-refractivity contribution is 6.30. The third-order valence-electron chi connectivity index (χ3n) is 3.70. The zero-order valence-corrected chi connectivity index (χ0v) is 13.6. The molecule has 124 valence electrons. The van der Waals surface area contributed by atoms with Gasteiger partial charge in [-0.1, -0.05) is 17.7 Å². The number of carbonyl (C=O) groups is 3. The van der Waals surface area contributed by atoms with Crippen LogP contribution in [-0.2, 0) is 19.1 Å². The number of benzene rings is 1. The summed E-state index contributed by atoms with van der Waals surface area (Å²) in [6.07, 6.45) is 0.946. The summed E-state index contributed by atoms with van der Waals surface area (Å²) in [5.41, 5.74) is 0.698. The molecule has 0 spiro atoms. The number of hydrogen-bond donors (Lipinski definition) is 1. The van der Waals surface area contributed by atoms with Crippen molar-refractivity contribution >= 4 is 35.1 Å². The van der Waals surface area contributed by atoms with E-state index >= 15 is 0 Å². The number of carbonyl (C=O) groups excluding carboxylic acids is 3. The predicted octanol–water partition coefficient (Wildman–Crippen LogP) is 1.76. The Balaban J connectivity index is 1.84. The molecule has 0 bridgehead atoms. The fourth-order valence-corrected chi connectivity index (χ4v) is 2.65. The van der Waals surface area contributed by atoms with Gasteiger partial charge in [0.25, 0.3) is 0 Å². The summed E-state index contributed by atoms with van der Waals surface area (Å²) in [6.45, 7) is 0.720. The smallest absolute Gasteiger partial charge is 0.305 e. The average molecular weight is 339 g/mol. The predicted molar refractivity (Wildman–Crippen MR) is 86.2 cm³/mol. The van der Waals surface area contributed by atoms with Gasteiger partial charge in [-0.15, -0.1) is 0 Å². The highest BCUT2D eigenvalue weighted by Gasteiger charge is 2.34. The van der Waals surface area contributed by atoms with Crippen LogP contribution >= 0.6 is 11.6 Å². The van der Waals surface area contributed by atoms with Gasteiger partial charge in [0.1, 0.15) is 0 Å². The molecule has 1 heterocycles. The highest BCUT2D eigenvalue weighted by Crippen LogP contribution is 2.27. The summed E-state index contributed by atoms with van der Waals surface area (Å²) in [5, 5.41) is 3.30. The molecule has 2 rings (SSSR count). The lowest BCUT2D eigenvalue weighted by Crippen LogP contribution is -2.33. The molecule has 1 atom stereocenters. The number of rotatable bonds is 6. The molecule has 0 aliphatic carbocycles. The number of amides is 2. The van der Waals surface area contributed by atoms with Crippen LogP contribution in [0, 0.1) is 5.92 Å². The molecule has 1 aromatic carbocycles. The lowest BCUT2D eigenvalue weighted by molar-refractivity contribution is -0.140. The SMILES string of the molecule is COC(=O)CCCNC(=O)[C@H]1CC(=O)N(c2cccc(Cl)c2)C1. The van der Waals surface area contributed by atoms with Gasteiger partial charge < -0.3 is 15.0 Å². The van der Waals surface area contributed by atoms with E-state index in [0.29, 0.717) is 30.2 Å². The van der Waals surface area contributed by atoms with E-state index in [1.54, 1.807) is 29.2 Å². The minimum absolute atomic E-state index is 0.0954. The van der Waals surface area contributed by atoms with Crippen LogP contribution in [0.3, 0.4) is 0 Å². The first-order chi connectivity index (χ1) is 11.0. The Hall–Kier alpha value is -2.08. The Labute approximate surface area is 139 Å². The maximum absolute atomic E-state index is 12.1. The van der Waals surface area contributed by atoms with E-state index in [1.807, 2.05) is 0 Å². The monoisotopic (exact) mass is 338 g/mol. The summed E-state index contributed by atoms with van der Waals surface area (Å²) in [6, 6.07) is 7.00. The van der Waals surface area contributed by atoms with Gasteiger partial charge in [0.2, 0.25) is 11.8 Å². The van der Waals surface area contributed by atoms with E-state index in [9.17, 15) is 14.4 Å². The number of ether oxygens (including phenoxy) is 1. The molecule has 23 heavy (non-hydrogen) atoms. The Morgan fingerprint density at radius 2 is 2.22 bits per heavy atom. The number of anilines is 1. The Morgan fingerprint density at radius 1 is 1.43 bits per heavy atom. The topological polar surface area (TPSA) is 75.7 Å². The Kier molecular flexibility index (Phi) is 5.98. The van der Waals surface area contributed by atoms with Crippen LogP contribution in [0.25, 0.3) is 0 Å². The van der Waals surface area contributed by atoms with Gasteiger partial charge >= 0.3 is 5.97 Å². The number of halogens is 1. The number of nitrogens with zero attached hydrogens (tertiary/aromatic N) is 1. The van der Waals surface area contributed by atoms with Crippen molar-refractivity contribution < 1.29 is 19.1 Å². The number of hydrogen-bond acceptors (Lipinski definition) is 4. The van der Waals surface area contributed by atoms with E-state index in [0.717, 1.165) is 0 Å². The van der Waals surface area contributed by atoms with E-state index in [-0.39, 0.29) is 36.5 Å². The van der Waals surface area contributed by atoms with Crippen molar-refractivity contribution in [2.75, 3.05) is 25.1 Å². The van der Waals surface area contributed by atoms with Crippen molar-refractivity contribution in [3.05, 3.63) is 29.3 Å². The molecule has 0 radical (unpaired) electrons. The average Bonchev–Trinajstić information content (AvgIpc) is 2.93. The van der Waals surface area contributed by atoms with Crippen LogP contribution in [0.4, 0.5) is 5.69 Å². The van der Waals surface area contributed by atoms with Crippen LogP contribution < -0.4 is 10.2 Å². The normalized spacial score (nSPS) is 17.2. The fourth-order valence-electron chi connectivity index (χ4n) is 2.47. The maximum atomic E-state index is 12.1. The van der Waals surface area contributed by atoms with Crippen molar-refractivity contribution in [1.29, 1.82) is 0 Å². The molecule has 0 saturated carbocycles. The zero-order chi connectivity index (χ0) is 16.8. The molecule has 6 nitrogen and oxygen atoms in total. The van der Waals surface area contributed by atoms with Gasteiger partial charge in [-0.3, -0.25) is 14.4 Å². The van der Waals surface area contributed by atoms with Crippen LogP contribution in [-0.4, -0.2) is 38.0 Å². The molecule has 7 heteroatoms. The molecular weight excluding hydrogens is 320 g/mol. The van der Waals surface area contributed by atoms with Crippen molar-refractivity contribution in [2.24, 2.45) is 5.92 Å². The number of methoxy groups -OCH3 is 1. The summed E-state index contributed by atoms with van der Waals surface area (Å²) in [5.74, 6) is -0.961. The first-order valence-electron chi connectivity index (χ1n) is 7.41. The van der Waals surface area contributed by atoms with Crippen molar-refractivity contribution in [3.8, 4) is 0 Å². The molecule has 1 aromatic rings. The summed E-state index contributed by atoms with van der Waals surface area (Å²) < 4.78 is 4.53. The second-order valence-electron chi connectivity index (χ2n) is 5.36. The van der Waals surface area contributed by atoms with Gasteiger partial charge in [0, 0.05) is 36.6 Å². The van der Waals surface area contributed by atoms with E-state index in [1.165, 1.54) is 7.11 Å². The third-order valence-corrected chi connectivity index (χ3v) is 3.94. The first-order valence-corrected chi connectivity index (χ1v) is 7.79. The van der Waals surface area contributed by atoms with E-state index in [4.69, 9.17) is 11.6 Å². The van der Waals surface area contributed by atoms with Crippen molar-refractivity contribution in [3.63, 3.8) is 0 Å². The largest absolute Gasteiger partial charge is 0.469 e. The third kappa shape index (κ3) is 4.69. The first kappa shape index (κ1) is 17.3. The van der Waals surface area contributed by atoms with Gasteiger partial charge in [0.15, 0.2) is 0 Å². The van der Waals surface area contributed by atoms with Crippen LogP contribution in [0.1, 0.15) is 19.3 Å². The van der Waals surface area contributed by atoms with Crippen molar-refractivity contribution in [2.45, 2.75) is 19.3 Å². The molecule has 1 fully saturated rings. The Morgan fingerprint density at radius 3 is 2.91 bits per heavy atom. The fraction of sp³-hybridized carbons (Fsp3) is 0.438. The summed E-state index contributed by atoms with van der Waals surface area (Å²) >= 11 is 5.94. The minimum atomic E-state index is -0.389. The maximum Gasteiger partial charge on any atom is 0.305 e. The quantitative estimate of drug-likeness (QED) is 0.633. The molecule has 1 aliphatic heterocycles. The van der Waals surface area contributed by atoms with Crippen LogP contribution in [0.5, 0.6) is 0 Å². The van der Waals surface area contributed by atoms with Gasteiger partial charge in [-0.25, -0.2) is 0 Å². The van der Waals surface area contributed by atoms with Crippen LogP contribution in [0.15, 0.2) is 24.3 Å². The molecular formula is C16H19ClN2O4. The summed E-state index contributed by atoms with van der Waals surface area (Å²) in [7, 11) is 1.33. The molecule has 2 amide bonds. The number of esters is 1. The molecule has 1 aliphatic rings. The Bertz CT molecular complexity index is 605. The van der Waals surface area contributed by atoms with Gasteiger partial charge in [0.05, 0.1) is 13.0 Å². The minimum Gasteiger partial charge on any atom is -0.469 e. The highest BCUT2D eigenvalue weighted by atomic mass is 35.5.